The zero-order chi connectivity index (χ0) is 19.4. The molecular weight excluding hydrogens is 348 g/mol. The van der Waals surface area contributed by atoms with E-state index in [0.29, 0.717) is 11.8 Å². The second-order valence-electron chi connectivity index (χ2n) is 8.85. The van der Waals surface area contributed by atoms with E-state index in [4.69, 9.17) is 4.98 Å². The third kappa shape index (κ3) is 2.62. The second kappa shape index (κ2) is 6.12. The average Bonchev–Trinajstić information content (AvgIpc) is 3.06. The molecule has 2 saturated carbocycles. The second-order valence-corrected chi connectivity index (χ2v) is 8.85. The smallest absolute Gasteiger partial charge is 0.223 e. The molecule has 144 valence electrons. The number of benzene rings is 1. The summed E-state index contributed by atoms with van der Waals surface area (Å²) in [4.78, 5) is 18.2. The molecule has 2 aliphatic carbocycles. The van der Waals surface area contributed by atoms with E-state index < -0.39 is 0 Å². The molecule has 0 radical (unpaired) electrons. The van der Waals surface area contributed by atoms with Crippen molar-refractivity contribution in [1.29, 1.82) is 0 Å². The number of aryl methyl sites for hydroxylation is 1. The van der Waals surface area contributed by atoms with E-state index in [-0.39, 0.29) is 11.0 Å². The molecule has 2 heterocycles. The zero-order valence-electron chi connectivity index (χ0n) is 16.7. The summed E-state index contributed by atoms with van der Waals surface area (Å²) in [5, 5.41) is 7.11. The summed E-state index contributed by atoms with van der Waals surface area (Å²) >= 11 is 0. The Bertz CT molecular complexity index is 1040. The highest BCUT2D eigenvalue weighted by Crippen LogP contribution is 2.61. The lowest BCUT2D eigenvalue weighted by Gasteiger charge is -2.39. The summed E-state index contributed by atoms with van der Waals surface area (Å²) in [5.41, 5.74) is 4.01. The Hall–Kier alpha value is -2.76. The molecule has 28 heavy (non-hydrogen) atoms. The highest BCUT2D eigenvalue weighted by atomic mass is 15.2. The Kier molecular flexibility index (Phi) is 3.79. The number of fused-ring (bicyclic) bond motifs is 3. The maximum atomic E-state index is 4.82. The van der Waals surface area contributed by atoms with Gasteiger partial charge in [-0.2, -0.15) is 0 Å². The van der Waals surface area contributed by atoms with Gasteiger partial charge in [-0.25, -0.2) is 19.9 Å². The van der Waals surface area contributed by atoms with Crippen molar-refractivity contribution in [3.63, 3.8) is 0 Å². The van der Waals surface area contributed by atoms with Gasteiger partial charge in [0.2, 0.25) is 5.95 Å². The molecule has 0 aliphatic heterocycles. The van der Waals surface area contributed by atoms with E-state index in [1.807, 2.05) is 12.1 Å². The summed E-state index contributed by atoms with van der Waals surface area (Å²) in [6.07, 6.45) is 8.29. The third-order valence-corrected chi connectivity index (χ3v) is 7.10. The molecule has 5 rings (SSSR count). The molecular formula is C22H26N6. The molecule has 2 N–H and O–H groups in total. The molecule has 6 heteroatoms. The molecule has 0 atom stereocenters. The molecule has 3 aromatic rings. The number of anilines is 3. The van der Waals surface area contributed by atoms with Crippen LogP contribution >= 0.6 is 0 Å². The molecule has 2 aromatic heterocycles. The van der Waals surface area contributed by atoms with Gasteiger partial charge in [-0.15, -0.1) is 0 Å². The lowest BCUT2D eigenvalue weighted by Crippen LogP contribution is -2.45. The monoisotopic (exact) mass is 374 g/mol. The van der Waals surface area contributed by atoms with Crippen LogP contribution in [0, 0.1) is 18.3 Å². The van der Waals surface area contributed by atoms with Crippen LogP contribution in [0.4, 0.5) is 17.5 Å². The van der Waals surface area contributed by atoms with Crippen molar-refractivity contribution in [3.8, 4) is 0 Å². The van der Waals surface area contributed by atoms with E-state index >= 15 is 0 Å². The predicted octanol–water partition coefficient (Wildman–Crippen LogP) is 4.85. The van der Waals surface area contributed by atoms with E-state index in [9.17, 15) is 0 Å². The van der Waals surface area contributed by atoms with Gasteiger partial charge in [0.05, 0.1) is 6.20 Å². The van der Waals surface area contributed by atoms with Crippen LogP contribution in [-0.4, -0.2) is 25.5 Å². The molecule has 0 unspecified atom stereocenters. The van der Waals surface area contributed by atoms with Crippen molar-refractivity contribution < 1.29 is 0 Å². The van der Waals surface area contributed by atoms with Gasteiger partial charge in [-0.05, 0) is 61.6 Å². The average molecular weight is 374 g/mol. The third-order valence-electron chi connectivity index (χ3n) is 7.10. The number of hydrogen-bond acceptors (Lipinski definition) is 6. The first kappa shape index (κ1) is 17.3. The lowest BCUT2D eigenvalue weighted by molar-refractivity contribution is 0.238. The fourth-order valence-electron chi connectivity index (χ4n) is 5.23. The van der Waals surface area contributed by atoms with Gasteiger partial charge >= 0.3 is 0 Å². The van der Waals surface area contributed by atoms with E-state index in [0.717, 1.165) is 22.6 Å². The van der Waals surface area contributed by atoms with Crippen molar-refractivity contribution in [1.82, 2.24) is 19.9 Å². The van der Waals surface area contributed by atoms with Crippen LogP contribution < -0.4 is 10.6 Å². The lowest BCUT2D eigenvalue weighted by atomic mass is 9.76. The van der Waals surface area contributed by atoms with Crippen LogP contribution in [0.15, 0.2) is 36.8 Å². The largest absolute Gasteiger partial charge is 0.348 e. The number of hydrogen-bond donors (Lipinski definition) is 2. The van der Waals surface area contributed by atoms with Gasteiger partial charge in [0.1, 0.15) is 17.4 Å². The topological polar surface area (TPSA) is 75.6 Å². The minimum atomic E-state index is 0.0884. The summed E-state index contributed by atoms with van der Waals surface area (Å²) in [6, 6.07) is 8.22. The Morgan fingerprint density at radius 2 is 1.89 bits per heavy atom. The predicted molar refractivity (Wildman–Crippen MR) is 112 cm³/mol. The van der Waals surface area contributed by atoms with Gasteiger partial charge in [-0.1, -0.05) is 26.0 Å². The van der Waals surface area contributed by atoms with Gasteiger partial charge in [0.15, 0.2) is 5.82 Å². The molecule has 0 saturated heterocycles. The Balaban J connectivity index is 1.50. The molecule has 6 nitrogen and oxygen atoms in total. The van der Waals surface area contributed by atoms with Gasteiger partial charge in [0.25, 0.3) is 0 Å². The number of rotatable bonds is 4. The van der Waals surface area contributed by atoms with Crippen LogP contribution in [-0.2, 0) is 0 Å². The molecule has 2 aliphatic rings. The van der Waals surface area contributed by atoms with Crippen LogP contribution in [0.2, 0.25) is 0 Å². The van der Waals surface area contributed by atoms with Crippen molar-refractivity contribution in [2.75, 3.05) is 10.6 Å². The van der Waals surface area contributed by atoms with E-state index in [2.05, 4.69) is 58.5 Å². The Morgan fingerprint density at radius 1 is 1.07 bits per heavy atom. The Labute approximate surface area is 165 Å². The minimum absolute atomic E-state index is 0.0884. The molecule has 0 amide bonds. The van der Waals surface area contributed by atoms with Crippen LogP contribution in [0.3, 0.4) is 0 Å². The first-order valence-corrected chi connectivity index (χ1v) is 10.1. The molecule has 1 aromatic carbocycles. The van der Waals surface area contributed by atoms with Gasteiger partial charge < -0.3 is 10.6 Å². The maximum absolute atomic E-state index is 4.82. The standard InChI is InChI=1S/C22H26N6/c1-14-5-4-6-16(11-14)26-19-18-17(24-13-25-19)12-23-20(27-18)28-22-9-7-15(8-10-22)21(22,2)3/h4-6,11-13,15H,7-10H2,1-3H3,(H,23,27,28)(H,24,25,26). The van der Waals surface area contributed by atoms with Crippen molar-refractivity contribution in [2.24, 2.45) is 11.3 Å². The highest BCUT2D eigenvalue weighted by molar-refractivity contribution is 5.87. The van der Waals surface area contributed by atoms with Crippen molar-refractivity contribution in [2.45, 2.75) is 52.0 Å². The maximum Gasteiger partial charge on any atom is 0.223 e. The zero-order valence-corrected chi connectivity index (χ0v) is 16.7. The number of aromatic nitrogens is 4. The summed E-state index contributed by atoms with van der Waals surface area (Å²) < 4.78 is 0. The first-order valence-electron chi connectivity index (χ1n) is 10.1. The first-order chi connectivity index (χ1) is 13.5. The fraction of sp³-hybridized carbons (Fsp3) is 0.455. The number of nitrogens with zero attached hydrogens (tertiary/aromatic N) is 4. The van der Waals surface area contributed by atoms with Crippen LogP contribution in [0.5, 0.6) is 0 Å². The molecule has 0 spiro atoms. The SMILES string of the molecule is Cc1cccc(Nc2ncnc3cnc(NC45CCC(CC4)C5(C)C)nc23)c1. The van der Waals surface area contributed by atoms with E-state index in [1.54, 1.807) is 12.5 Å². The minimum Gasteiger partial charge on any atom is -0.348 e. The van der Waals surface area contributed by atoms with Crippen LogP contribution in [0.1, 0.15) is 45.1 Å². The quantitative estimate of drug-likeness (QED) is 0.680. The van der Waals surface area contributed by atoms with Gasteiger partial charge in [0, 0.05) is 11.2 Å². The fourth-order valence-corrected chi connectivity index (χ4v) is 5.23. The van der Waals surface area contributed by atoms with Crippen molar-refractivity contribution in [3.05, 3.63) is 42.4 Å². The summed E-state index contributed by atoms with van der Waals surface area (Å²) in [6.45, 7) is 6.85. The summed E-state index contributed by atoms with van der Waals surface area (Å²) in [5.74, 6) is 2.17. The summed E-state index contributed by atoms with van der Waals surface area (Å²) in [7, 11) is 0. The van der Waals surface area contributed by atoms with Gasteiger partial charge in [-0.3, -0.25) is 0 Å². The highest BCUT2D eigenvalue weighted by Gasteiger charge is 2.59. The normalized spacial score (nSPS) is 25.2. The van der Waals surface area contributed by atoms with Crippen LogP contribution in [0.25, 0.3) is 11.0 Å². The molecule has 2 bridgehead atoms. The molecule has 2 fully saturated rings. The Morgan fingerprint density at radius 3 is 2.61 bits per heavy atom. The van der Waals surface area contributed by atoms with Crippen molar-refractivity contribution >= 4 is 28.5 Å². The number of nitrogens with one attached hydrogen (secondary N) is 2. The van der Waals surface area contributed by atoms with E-state index in [1.165, 1.54) is 31.2 Å².